The van der Waals surface area contributed by atoms with Crippen molar-refractivity contribution in [3.05, 3.63) is 46.1 Å². The lowest BCUT2D eigenvalue weighted by molar-refractivity contribution is 0.0762. The minimum atomic E-state index is -0.194. The van der Waals surface area contributed by atoms with Gasteiger partial charge < -0.3 is 16.4 Å². The van der Waals surface area contributed by atoms with Gasteiger partial charge in [0.2, 0.25) is 5.95 Å². The molecule has 0 fully saturated rings. The molecule has 0 unspecified atom stereocenters. The molecular weight excluding hydrogens is 278 g/mol. The number of carbonyl (C=O) groups excluding carboxylic acids is 1. The number of aromatic nitrogens is 2. The zero-order chi connectivity index (χ0) is 14.3. The van der Waals surface area contributed by atoms with E-state index >= 15 is 0 Å². The molecule has 1 aromatic carbocycles. The highest BCUT2D eigenvalue weighted by atomic mass is 35.5. The fraction of sp³-hybridized carbons (Fsp3) is 0.154. The average Bonchev–Trinajstić information content (AvgIpc) is 2.68. The van der Waals surface area contributed by atoms with Gasteiger partial charge in [0.15, 0.2) is 0 Å². The highest BCUT2D eigenvalue weighted by Crippen LogP contribution is 2.27. The number of benzene rings is 1. The van der Waals surface area contributed by atoms with Gasteiger partial charge in [0, 0.05) is 17.1 Å². The summed E-state index contributed by atoms with van der Waals surface area (Å²) in [5.41, 5.74) is 13.2. The van der Waals surface area contributed by atoms with Crippen molar-refractivity contribution >= 4 is 29.3 Å². The molecule has 6 nitrogen and oxygen atoms in total. The molecule has 1 aliphatic rings. The molecule has 102 valence electrons. The van der Waals surface area contributed by atoms with Gasteiger partial charge in [-0.3, -0.25) is 4.79 Å². The molecule has 4 N–H and O–H groups in total. The third-order valence-corrected chi connectivity index (χ3v) is 3.39. The van der Waals surface area contributed by atoms with Crippen LogP contribution in [0.2, 0.25) is 5.02 Å². The van der Waals surface area contributed by atoms with Gasteiger partial charge in [-0.1, -0.05) is 23.7 Å². The molecule has 1 aromatic heterocycles. The Balaban J connectivity index is 1.89. The molecule has 1 amide bonds. The van der Waals surface area contributed by atoms with Crippen LogP contribution in [0.5, 0.6) is 0 Å². The molecular formula is C13H12ClN5O. The standard InChI is InChI=1S/C13H12ClN5O/c14-8-3-1-2-7(4-8)5-19-6-9-10(12(19)20)17-13(16)18-11(9)15/h1-4H,5-6H2,(H4,15,16,17,18). The number of anilines is 2. The number of hydrogen-bond acceptors (Lipinski definition) is 5. The summed E-state index contributed by atoms with van der Waals surface area (Å²) in [5, 5.41) is 0.634. The Morgan fingerprint density at radius 3 is 2.85 bits per heavy atom. The van der Waals surface area contributed by atoms with Crippen molar-refractivity contribution in [3.63, 3.8) is 0 Å². The molecule has 0 saturated heterocycles. The van der Waals surface area contributed by atoms with Crippen LogP contribution < -0.4 is 11.5 Å². The summed E-state index contributed by atoms with van der Waals surface area (Å²) in [4.78, 5) is 21.8. The number of hydrogen-bond donors (Lipinski definition) is 2. The number of nitrogens with two attached hydrogens (primary N) is 2. The molecule has 0 saturated carbocycles. The maximum absolute atomic E-state index is 12.3. The number of halogens is 1. The predicted octanol–water partition coefficient (Wildman–Crippen LogP) is 1.45. The third-order valence-electron chi connectivity index (χ3n) is 3.16. The molecule has 0 bridgehead atoms. The topological polar surface area (TPSA) is 98.1 Å². The van der Waals surface area contributed by atoms with Crippen molar-refractivity contribution in [2.24, 2.45) is 0 Å². The number of rotatable bonds is 2. The van der Waals surface area contributed by atoms with E-state index in [1.165, 1.54) is 0 Å². The molecule has 2 aromatic rings. The summed E-state index contributed by atoms with van der Waals surface area (Å²) in [5.74, 6) is 0.0782. The summed E-state index contributed by atoms with van der Waals surface area (Å²) in [7, 11) is 0. The second-order valence-electron chi connectivity index (χ2n) is 4.59. The summed E-state index contributed by atoms with van der Waals surface area (Å²) in [6.45, 7) is 0.821. The van der Waals surface area contributed by atoms with Crippen molar-refractivity contribution in [3.8, 4) is 0 Å². The maximum Gasteiger partial charge on any atom is 0.273 e. The van der Waals surface area contributed by atoms with Crippen molar-refractivity contribution in [1.29, 1.82) is 0 Å². The van der Waals surface area contributed by atoms with E-state index in [2.05, 4.69) is 9.97 Å². The smallest absolute Gasteiger partial charge is 0.273 e. The third kappa shape index (κ3) is 2.14. The molecule has 7 heteroatoms. The minimum Gasteiger partial charge on any atom is -0.383 e. The van der Waals surface area contributed by atoms with Gasteiger partial charge in [-0.25, -0.2) is 4.98 Å². The monoisotopic (exact) mass is 289 g/mol. The van der Waals surface area contributed by atoms with E-state index in [0.717, 1.165) is 5.56 Å². The van der Waals surface area contributed by atoms with Crippen LogP contribution in [0.1, 0.15) is 21.6 Å². The summed E-state index contributed by atoms with van der Waals surface area (Å²) in [6, 6.07) is 7.36. The maximum atomic E-state index is 12.3. The molecule has 20 heavy (non-hydrogen) atoms. The first-order chi connectivity index (χ1) is 9.54. The fourth-order valence-electron chi connectivity index (χ4n) is 2.25. The van der Waals surface area contributed by atoms with E-state index in [9.17, 15) is 4.79 Å². The lowest BCUT2D eigenvalue weighted by atomic mass is 10.2. The first-order valence-electron chi connectivity index (χ1n) is 6.00. The minimum absolute atomic E-state index is 0.0132. The van der Waals surface area contributed by atoms with Gasteiger partial charge in [-0.2, -0.15) is 4.98 Å². The predicted molar refractivity (Wildman–Crippen MR) is 75.9 cm³/mol. The highest BCUT2D eigenvalue weighted by Gasteiger charge is 2.31. The van der Waals surface area contributed by atoms with Crippen molar-refractivity contribution < 1.29 is 4.79 Å². The van der Waals surface area contributed by atoms with Crippen LogP contribution in [0.25, 0.3) is 0 Å². The first-order valence-corrected chi connectivity index (χ1v) is 6.38. The Morgan fingerprint density at radius 2 is 2.10 bits per heavy atom. The van der Waals surface area contributed by atoms with Gasteiger partial charge in [0.25, 0.3) is 5.91 Å². The average molecular weight is 290 g/mol. The van der Waals surface area contributed by atoms with E-state index < -0.39 is 0 Å². The van der Waals surface area contributed by atoms with E-state index in [4.69, 9.17) is 23.1 Å². The van der Waals surface area contributed by atoms with Crippen LogP contribution >= 0.6 is 11.6 Å². The second kappa shape index (κ2) is 4.64. The molecule has 1 aliphatic heterocycles. The zero-order valence-corrected chi connectivity index (χ0v) is 11.3. The first kappa shape index (κ1) is 12.7. The lowest BCUT2D eigenvalue weighted by Crippen LogP contribution is -2.23. The molecule has 3 rings (SSSR count). The van der Waals surface area contributed by atoms with Gasteiger partial charge in [0.05, 0.1) is 6.54 Å². The van der Waals surface area contributed by atoms with Crippen LogP contribution in [0, 0.1) is 0 Å². The highest BCUT2D eigenvalue weighted by molar-refractivity contribution is 6.30. The van der Waals surface area contributed by atoms with Crippen LogP contribution in [0.3, 0.4) is 0 Å². The number of amides is 1. The zero-order valence-electron chi connectivity index (χ0n) is 10.5. The summed E-state index contributed by atoms with van der Waals surface area (Å²) >= 11 is 5.94. The van der Waals surface area contributed by atoms with Crippen LogP contribution in [0.15, 0.2) is 24.3 Å². The summed E-state index contributed by atoms with van der Waals surface area (Å²) < 4.78 is 0. The molecule has 0 aliphatic carbocycles. The van der Waals surface area contributed by atoms with Gasteiger partial charge in [0.1, 0.15) is 11.5 Å². The normalized spacial score (nSPS) is 13.7. The number of carbonyl (C=O) groups is 1. The molecule has 0 spiro atoms. The lowest BCUT2D eigenvalue weighted by Gasteiger charge is -2.15. The molecule has 0 radical (unpaired) electrons. The number of nitrogen functional groups attached to an aromatic ring is 2. The Hall–Kier alpha value is -2.34. The van der Waals surface area contributed by atoms with Crippen molar-refractivity contribution in [2.75, 3.05) is 11.5 Å². The van der Waals surface area contributed by atoms with Crippen LogP contribution in [-0.2, 0) is 13.1 Å². The number of fused-ring (bicyclic) bond motifs is 1. The Labute approximate surface area is 120 Å². The van der Waals surface area contributed by atoms with Gasteiger partial charge in [-0.05, 0) is 17.7 Å². The molecule has 0 atom stereocenters. The van der Waals surface area contributed by atoms with Gasteiger partial charge in [-0.15, -0.1) is 0 Å². The van der Waals surface area contributed by atoms with Crippen molar-refractivity contribution in [1.82, 2.24) is 14.9 Å². The van der Waals surface area contributed by atoms with E-state index in [1.807, 2.05) is 18.2 Å². The van der Waals surface area contributed by atoms with Crippen LogP contribution in [-0.4, -0.2) is 20.8 Å². The van der Waals surface area contributed by atoms with E-state index in [0.29, 0.717) is 23.7 Å². The second-order valence-corrected chi connectivity index (χ2v) is 5.02. The van der Waals surface area contributed by atoms with E-state index in [-0.39, 0.29) is 23.4 Å². The van der Waals surface area contributed by atoms with E-state index in [1.54, 1.807) is 11.0 Å². The quantitative estimate of drug-likeness (QED) is 0.872. The summed E-state index contributed by atoms with van der Waals surface area (Å²) in [6.07, 6.45) is 0. The molecule has 2 heterocycles. The Morgan fingerprint density at radius 1 is 1.30 bits per heavy atom. The number of nitrogens with zero attached hydrogens (tertiary/aromatic N) is 3. The van der Waals surface area contributed by atoms with Crippen molar-refractivity contribution in [2.45, 2.75) is 13.1 Å². The Bertz CT molecular complexity index is 703. The SMILES string of the molecule is Nc1nc(N)c2c(n1)C(=O)N(Cc1cccc(Cl)c1)C2. The largest absolute Gasteiger partial charge is 0.383 e. The Kier molecular flexibility index (Phi) is 2.94. The van der Waals surface area contributed by atoms with Gasteiger partial charge >= 0.3 is 0 Å². The fourth-order valence-corrected chi connectivity index (χ4v) is 2.46. The van der Waals surface area contributed by atoms with Crippen LogP contribution in [0.4, 0.5) is 11.8 Å².